The standard InChI is InChI=1S/C14H15NO5/c16-12(17)7-10-6-11(13(10)18)15-14(19)20-8-9-4-2-1-3-5-9/h1-5,10-11H,6-8H2,(H,15,19)(H,16,17). The maximum Gasteiger partial charge on any atom is 0.408 e. The van der Waals surface area contributed by atoms with E-state index in [1.807, 2.05) is 30.3 Å². The number of carbonyl (C=O) groups excluding carboxylic acids is 2. The smallest absolute Gasteiger partial charge is 0.408 e. The van der Waals surface area contributed by atoms with Crippen molar-refractivity contribution in [3.05, 3.63) is 35.9 Å². The van der Waals surface area contributed by atoms with Gasteiger partial charge in [0, 0.05) is 5.92 Å². The summed E-state index contributed by atoms with van der Waals surface area (Å²) in [5, 5.41) is 11.0. The molecule has 2 atom stereocenters. The van der Waals surface area contributed by atoms with Gasteiger partial charge in [-0.3, -0.25) is 9.59 Å². The highest BCUT2D eigenvalue weighted by molar-refractivity contribution is 5.96. The van der Waals surface area contributed by atoms with Crippen molar-refractivity contribution < 1.29 is 24.2 Å². The molecule has 0 aliphatic heterocycles. The van der Waals surface area contributed by atoms with Crippen LogP contribution in [0.3, 0.4) is 0 Å². The van der Waals surface area contributed by atoms with Gasteiger partial charge in [0.05, 0.1) is 12.5 Å². The number of carbonyl (C=O) groups is 3. The average molecular weight is 277 g/mol. The molecule has 1 aliphatic rings. The molecular weight excluding hydrogens is 262 g/mol. The zero-order valence-corrected chi connectivity index (χ0v) is 10.7. The normalized spacial score (nSPS) is 20.9. The van der Waals surface area contributed by atoms with Crippen molar-refractivity contribution in [3.8, 4) is 0 Å². The molecule has 0 heterocycles. The van der Waals surface area contributed by atoms with Crippen LogP contribution in [0.2, 0.25) is 0 Å². The average Bonchev–Trinajstić information content (AvgIpc) is 2.44. The van der Waals surface area contributed by atoms with Gasteiger partial charge in [-0.05, 0) is 12.0 Å². The number of aliphatic carboxylic acids is 1. The van der Waals surface area contributed by atoms with Crippen molar-refractivity contribution in [3.63, 3.8) is 0 Å². The first-order chi connectivity index (χ1) is 9.56. The zero-order valence-electron chi connectivity index (χ0n) is 10.7. The topological polar surface area (TPSA) is 92.7 Å². The van der Waals surface area contributed by atoms with Crippen molar-refractivity contribution in [2.24, 2.45) is 5.92 Å². The van der Waals surface area contributed by atoms with Crippen LogP contribution < -0.4 is 5.32 Å². The van der Waals surface area contributed by atoms with E-state index in [4.69, 9.17) is 9.84 Å². The van der Waals surface area contributed by atoms with E-state index >= 15 is 0 Å². The van der Waals surface area contributed by atoms with E-state index in [2.05, 4.69) is 5.32 Å². The molecule has 2 rings (SSSR count). The van der Waals surface area contributed by atoms with E-state index in [0.29, 0.717) is 6.42 Å². The minimum atomic E-state index is -1.01. The van der Waals surface area contributed by atoms with Gasteiger partial charge in [0.1, 0.15) is 6.61 Å². The number of carboxylic acids is 1. The summed E-state index contributed by atoms with van der Waals surface area (Å²) in [6.45, 7) is 0.131. The van der Waals surface area contributed by atoms with Gasteiger partial charge in [0.25, 0.3) is 0 Å². The second-order valence-electron chi connectivity index (χ2n) is 4.69. The van der Waals surface area contributed by atoms with Gasteiger partial charge in [-0.2, -0.15) is 0 Å². The number of rotatable bonds is 5. The number of Topliss-reactive ketones (excluding diaryl/α,β-unsaturated/α-hetero) is 1. The molecule has 0 aromatic heterocycles. The van der Waals surface area contributed by atoms with E-state index in [0.717, 1.165) is 5.56 Å². The quantitative estimate of drug-likeness (QED) is 0.847. The number of alkyl carbamates (subject to hydrolysis) is 1. The molecule has 20 heavy (non-hydrogen) atoms. The second-order valence-corrected chi connectivity index (χ2v) is 4.69. The van der Waals surface area contributed by atoms with E-state index in [9.17, 15) is 14.4 Å². The highest BCUT2D eigenvalue weighted by Gasteiger charge is 2.41. The number of benzene rings is 1. The Morgan fingerprint density at radius 1 is 1.30 bits per heavy atom. The van der Waals surface area contributed by atoms with Crippen molar-refractivity contribution in [1.82, 2.24) is 5.32 Å². The van der Waals surface area contributed by atoms with Crippen molar-refractivity contribution in [1.29, 1.82) is 0 Å². The predicted octanol–water partition coefficient (Wildman–Crippen LogP) is 1.35. The summed E-state index contributed by atoms with van der Waals surface area (Å²) in [4.78, 5) is 33.5. The Balaban J connectivity index is 1.71. The minimum Gasteiger partial charge on any atom is -0.481 e. The second kappa shape index (κ2) is 6.18. The van der Waals surface area contributed by atoms with Crippen molar-refractivity contribution in [2.45, 2.75) is 25.5 Å². The van der Waals surface area contributed by atoms with Crippen LogP contribution in [-0.2, 0) is 20.9 Å². The Hall–Kier alpha value is -2.37. The summed E-state index contributed by atoms with van der Waals surface area (Å²) in [6.07, 6.45) is -0.497. The molecule has 1 fully saturated rings. The monoisotopic (exact) mass is 277 g/mol. The Kier molecular flexibility index (Phi) is 4.34. The largest absolute Gasteiger partial charge is 0.481 e. The first-order valence-corrected chi connectivity index (χ1v) is 6.29. The maximum atomic E-state index is 11.6. The van der Waals surface area contributed by atoms with Gasteiger partial charge in [0.15, 0.2) is 5.78 Å². The Morgan fingerprint density at radius 2 is 2.00 bits per heavy atom. The zero-order chi connectivity index (χ0) is 14.5. The number of nitrogens with one attached hydrogen (secondary N) is 1. The van der Waals surface area contributed by atoms with Gasteiger partial charge >= 0.3 is 12.1 Å². The van der Waals surface area contributed by atoms with Gasteiger partial charge in [-0.25, -0.2) is 4.79 Å². The van der Waals surface area contributed by atoms with Crippen LogP contribution in [0, 0.1) is 5.92 Å². The third kappa shape index (κ3) is 3.57. The van der Waals surface area contributed by atoms with Gasteiger partial charge in [0.2, 0.25) is 0 Å². The maximum absolute atomic E-state index is 11.6. The fourth-order valence-corrected chi connectivity index (χ4v) is 2.07. The molecule has 2 unspecified atom stereocenters. The lowest BCUT2D eigenvalue weighted by molar-refractivity contribution is -0.144. The van der Waals surface area contributed by atoms with Crippen LogP contribution in [0.5, 0.6) is 0 Å². The molecule has 0 spiro atoms. The highest BCUT2D eigenvalue weighted by atomic mass is 16.5. The van der Waals surface area contributed by atoms with E-state index < -0.39 is 24.0 Å². The molecule has 106 valence electrons. The summed E-state index contributed by atoms with van der Waals surface area (Å²) >= 11 is 0. The van der Waals surface area contributed by atoms with E-state index in [-0.39, 0.29) is 18.8 Å². The summed E-state index contributed by atoms with van der Waals surface area (Å²) in [6, 6.07) is 8.56. The molecule has 6 heteroatoms. The molecule has 0 radical (unpaired) electrons. The van der Waals surface area contributed by atoms with Crippen LogP contribution in [0.1, 0.15) is 18.4 Å². The van der Waals surface area contributed by atoms with E-state index in [1.54, 1.807) is 0 Å². The Morgan fingerprint density at radius 3 is 2.60 bits per heavy atom. The van der Waals surface area contributed by atoms with Crippen molar-refractivity contribution >= 4 is 17.8 Å². The number of carboxylic acid groups (broad SMARTS) is 1. The summed E-state index contributed by atoms with van der Waals surface area (Å²) in [5.74, 6) is -1.75. The third-order valence-corrected chi connectivity index (χ3v) is 3.19. The number of ketones is 1. The van der Waals surface area contributed by atoms with Gasteiger partial charge in [-0.15, -0.1) is 0 Å². The minimum absolute atomic E-state index is 0.131. The third-order valence-electron chi connectivity index (χ3n) is 3.19. The summed E-state index contributed by atoms with van der Waals surface area (Å²) < 4.78 is 4.98. The van der Waals surface area contributed by atoms with Crippen LogP contribution in [-0.4, -0.2) is 29.0 Å². The van der Waals surface area contributed by atoms with Crippen LogP contribution in [0.4, 0.5) is 4.79 Å². The fourth-order valence-electron chi connectivity index (χ4n) is 2.07. The first-order valence-electron chi connectivity index (χ1n) is 6.29. The molecule has 0 bridgehead atoms. The molecule has 2 N–H and O–H groups in total. The van der Waals surface area contributed by atoms with Crippen molar-refractivity contribution in [2.75, 3.05) is 0 Å². The molecule has 0 saturated heterocycles. The lowest BCUT2D eigenvalue weighted by Gasteiger charge is -2.32. The SMILES string of the molecule is O=C(O)CC1CC(NC(=O)OCc2ccccc2)C1=O. The number of amides is 1. The first kappa shape index (κ1) is 14.0. The number of ether oxygens (including phenoxy) is 1. The number of hydrogen-bond acceptors (Lipinski definition) is 4. The van der Waals surface area contributed by atoms with Gasteiger partial charge < -0.3 is 15.2 Å². The molecule has 6 nitrogen and oxygen atoms in total. The van der Waals surface area contributed by atoms with Crippen LogP contribution in [0.25, 0.3) is 0 Å². The highest BCUT2D eigenvalue weighted by Crippen LogP contribution is 2.26. The summed E-state index contributed by atoms with van der Waals surface area (Å²) in [7, 11) is 0. The Bertz CT molecular complexity index is 514. The van der Waals surface area contributed by atoms with Crippen LogP contribution >= 0.6 is 0 Å². The molecule has 1 aromatic carbocycles. The Labute approximate surface area is 115 Å². The lowest BCUT2D eigenvalue weighted by atomic mass is 9.77. The summed E-state index contributed by atoms with van der Waals surface area (Å²) in [5.41, 5.74) is 0.853. The van der Waals surface area contributed by atoms with Crippen LogP contribution in [0.15, 0.2) is 30.3 Å². The molecule has 1 aliphatic carbocycles. The lowest BCUT2D eigenvalue weighted by Crippen LogP contribution is -2.53. The predicted molar refractivity (Wildman–Crippen MR) is 68.9 cm³/mol. The fraction of sp³-hybridized carbons (Fsp3) is 0.357. The van der Waals surface area contributed by atoms with Gasteiger partial charge in [-0.1, -0.05) is 30.3 Å². The molecule has 1 saturated carbocycles. The molecule has 1 amide bonds. The molecular formula is C14H15NO5. The molecule has 1 aromatic rings. The van der Waals surface area contributed by atoms with E-state index in [1.165, 1.54) is 0 Å². The number of hydrogen-bond donors (Lipinski definition) is 2.